The van der Waals surface area contributed by atoms with Crippen molar-refractivity contribution in [3.63, 3.8) is 0 Å². The summed E-state index contributed by atoms with van der Waals surface area (Å²) in [5.41, 5.74) is 1.27. The van der Waals surface area contributed by atoms with Crippen LogP contribution in [-0.2, 0) is 19.6 Å². The molecule has 0 spiro atoms. The standard InChI is InChI=1S/C17H24N4O4S/c1-18-16(22)11-21-15-10-12(26(24,25)19(2)3)7-8-13(15)20-9-5-4-6-14(20)17(21)23/h7-8,10,14H,4-6,9,11H2,1-3H3,(H,18,22)/t14-/m0/s1. The molecule has 3 rings (SSSR count). The number of carbonyl (C=O) groups excluding carboxylic acids is 2. The van der Waals surface area contributed by atoms with Crippen LogP contribution in [0.3, 0.4) is 0 Å². The van der Waals surface area contributed by atoms with Gasteiger partial charge in [-0.15, -0.1) is 0 Å². The van der Waals surface area contributed by atoms with E-state index in [1.807, 2.05) is 4.90 Å². The van der Waals surface area contributed by atoms with Crippen LogP contribution in [0, 0.1) is 0 Å². The predicted molar refractivity (Wildman–Crippen MR) is 98.7 cm³/mol. The molecule has 0 bridgehead atoms. The van der Waals surface area contributed by atoms with Gasteiger partial charge in [0, 0.05) is 27.7 Å². The van der Waals surface area contributed by atoms with E-state index in [1.165, 1.54) is 32.1 Å². The molecule has 142 valence electrons. The van der Waals surface area contributed by atoms with Crippen molar-refractivity contribution >= 4 is 33.2 Å². The molecule has 1 saturated heterocycles. The summed E-state index contributed by atoms with van der Waals surface area (Å²) in [5.74, 6) is -0.449. The molecular weight excluding hydrogens is 356 g/mol. The maximum Gasteiger partial charge on any atom is 0.250 e. The Labute approximate surface area is 153 Å². The fraction of sp³-hybridized carbons (Fsp3) is 0.529. The van der Waals surface area contributed by atoms with Gasteiger partial charge in [-0.1, -0.05) is 0 Å². The lowest BCUT2D eigenvalue weighted by molar-refractivity contribution is -0.124. The quantitative estimate of drug-likeness (QED) is 0.816. The van der Waals surface area contributed by atoms with E-state index in [2.05, 4.69) is 5.32 Å². The maximum absolute atomic E-state index is 13.0. The largest absolute Gasteiger partial charge is 0.358 e. The molecule has 2 aliphatic rings. The first-order valence-corrected chi connectivity index (χ1v) is 10.1. The van der Waals surface area contributed by atoms with Gasteiger partial charge in [0.1, 0.15) is 12.6 Å². The molecule has 2 aliphatic heterocycles. The van der Waals surface area contributed by atoms with Crippen LogP contribution in [0.15, 0.2) is 23.1 Å². The number of nitrogens with one attached hydrogen (secondary N) is 1. The summed E-state index contributed by atoms with van der Waals surface area (Å²) in [4.78, 5) is 28.5. The molecule has 0 aliphatic carbocycles. The molecule has 8 nitrogen and oxygen atoms in total. The number of piperidine rings is 1. The van der Waals surface area contributed by atoms with Crippen LogP contribution in [0.1, 0.15) is 19.3 Å². The highest BCUT2D eigenvalue weighted by atomic mass is 32.2. The van der Waals surface area contributed by atoms with Crippen molar-refractivity contribution in [3.05, 3.63) is 18.2 Å². The Hall–Kier alpha value is -2.13. The number of hydrogen-bond acceptors (Lipinski definition) is 5. The SMILES string of the molecule is CNC(=O)CN1C(=O)[C@@H]2CCCCN2c2ccc(S(=O)(=O)N(C)C)cc21. The van der Waals surface area contributed by atoms with Crippen LogP contribution in [0.4, 0.5) is 11.4 Å². The summed E-state index contributed by atoms with van der Waals surface area (Å²) in [5, 5.41) is 2.53. The first-order valence-electron chi connectivity index (χ1n) is 8.62. The van der Waals surface area contributed by atoms with Gasteiger partial charge in [-0.25, -0.2) is 12.7 Å². The summed E-state index contributed by atoms with van der Waals surface area (Å²) in [6.07, 6.45) is 2.68. The van der Waals surface area contributed by atoms with E-state index in [0.29, 0.717) is 5.69 Å². The van der Waals surface area contributed by atoms with Crippen molar-refractivity contribution in [1.82, 2.24) is 9.62 Å². The zero-order valence-corrected chi connectivity index (χ0v) is 16.0. The zero-order valence-electron chi connectivity index (χ0n) is 15.2. The molecule has 1 aromatic carbocycles. The van der Waals surface area contributed by atoms with Crippen LogP contribution in [0.25, 0.3) is 0 Å². The van der Waals surface area contributed by atoms with Gasteiger partial charge in [-0.05, 0) is 37.5 Å². The minimum atomic E-state index is -3.64. The van der Waals surface area contributed by atoms with E-state index in [4.69, 9.17) is 0 Å². The van der Waals surface area contributed by atoms with Crippen LogP contribution in [0.5, 0.6) is 0 Å². The van der Waals surface area contributed by atoms with E-state index in [-0.39, 0.29) is 29.3 Å². The number of carbonyl (C=O) groups is 2. The number of nitrogens with zero attached hydrogens (tertiary/aromatic N) is 3. The lowest BCUT2D eigenvalue weighted by Gasteiger charge is -2.45. The van der Waals surface area contributed by atoms with Gasteiger partial charge in [-0.3, -0.25) is 14.5 Å². The maximum atomic E-state index is 13.0. The third-order valence-electron chi connectivity index (χ3n) is 4.96. The van der Waals surface area contributed by atoms with Gasteiger partial charge in [0.05, 0.1) is 16.3 Å². The average molecular weight is 380 g/mol. The number of rotatable bonds is 4. The lowest BCUT2D eigenvalue weighted by atomic mass is 9.96. The zero-order chi connectivity index (χ0) is 19.1. The number of benzene rings is 1. The van der Waals surface area contributed by atoms with Gasteiger partial charge in [-0.2, -0.15) is 0 Å². The molecule has 2 amide bonds. The Balaban J connectivity index is 2.13. The molecule has 1 atom stereocenters. The molecular formula is C17H24N4O4S. The van der Waals surface area contributed by atoms with E-state index >= 15 is 0 Å². The third-order valence-corrected chi connectivity index (χ3v) is 6.77. The van der Waals surface area contributed by atoms with Gasteiger partial charge >= 0.3 is 0 Å². The monoisotopic (exact) mass is 380 g/mol. The second-order valence-corrected chi connectivity index (χ2v) is 8.89. The molecule has 1 N–H and O–H groups in total. The Morgan fingerprint density at radius 3 is 2.65 bits per heavy atom. The Morgan fingerprint density at radius 2 is 2.00 bits per heavy atom. The van der Waals surface area contributed by atoms with Crippen molar-refractivity contribution in [2.24, 2.45) is 0 Å². The van der Waals surface area contributed by atoms with Crippen molar-refractivity contribution < 1.29 is 18.0 Å². The average Bonchev–Trinajstić information content (AvgIpc) is 2.64. The topological polar surface area (TPSA) is 90.0 Å². The number of sulfonamides is 1. The lowest BCUT2D eigenvalue weighted by Crippen LogP contribution is -2.57. The van der Waals surface area contributed by atoms with Crippen LogP contribution in [-0.4, -0.2) is 64.8 Å². The second-order valence-electron chi connectivity index (χ2n) is 6.74. The molecule has 9 heteroatoms. The smallest absolute Gasteiger partial charge is 0.250 e. The summed E-state index contributed by atoms with van der Waals surface area (Å²) in [7, 11) is 0.796. The number of hydrogen-bond donors (Lipinski definition) is 1. The third kappa shape index (κ3) is 3.05. The highest BCUT2D eigenvalue weighted by Crippen LogP contribution is 2.40. The minimum absolute atomic E-state index is 0.103. The highest BCUT2D eigenvalue weighted by molar-refractivity contribution is 7.89. The Kier molecular flexibility index (Phi) is 4.94. The van der Waals surface area contributed by atoms with E-state index in [0.717, 1.165) is 35.8 Å². The molecule has 0 unspecified atom stereocenters. The molecule has 0 aromatic heterocycles. The first-order chi connectivity index (χ1) is 12.3. The number of amides is 2. The molecule has 2 heterocycles. The summed E-state index contributed by atoms with van der Waals surface area (Å²) in [6.45, 7) is 0.620. The van der Waals surface area contributed by atoms with Crippen molar-refractivity contribution in [2.75, 3.05) is 44.0 Å². The highest BCUT2D eigenvalue weighted by Gasteiger charge is 2.40. The van der Waals surface area contributed by atoms with Crippen molar-refractivity contribution in [1.29, 1.82) is 0 Å². The van der Waals surface area contributed by atoms with Crippen molar-refractivity contribution in [2.45, 2.75) is 30.2 Å². The molecule has 26 heavy (non-hydrogen) atoms. The first kappa shape index (κ1) is 18.7. The number of likely N-dealkylation sites (N-methyl/N-ethyl adjacent to an activating group) is 1. The second kappa shape index (κ2) is 6.88. The Morgan fingerprint density at radius 1 is 1.27 bits per heavy atom. The fourth-order valence-corrected chi connectivity index (χ4v) is 4.42. The number of anilines is 2. The van der Waals surface area contributed by atoms with E-state index in [1.54, 1.807) is 12.1 Å². The molecule has 0 radical (unpaired) electrons. The number of fused-ring (bicyclic) bond motifs is 3. The fourth-order valence-electron chi connectivity index (χ4n) is 3.49. The molecule has 1 aromatic rings. The van der Waals surface area contributed by atoms with E-state index < -0.39 is 10.0 Å². The molecule has 1 fully saturated rings. The summed E-state index contributed by atoms with van der Waals surface area (Å²) < 4.78 is 26.1. The Bertz CT molecular complexity index is 837. The van der Waals surface area contributed by atoms with Crippen LogP contribution >= 0.6 is 0 Å². The predicted octanol–water partition coefficient (Wildman–Crippen LogP) is 0.388. The normalized spacial score (nSPS) is 20.0. The van der Waals surface area contributed by atoms with Crippen LogP contribution in [0.2, 0.25) is 0 Å². The van der Waals surface area contributed by atoms with Gasteiger partial charge in [0.2, 0.25) is 21.8 Å². The van der Waals surface area contributed by atoms with E-state index in [9.17, 15) is 18.0 Å². The van der Waals surface area contributed by atoms with Gasteiger partial charge in [0.15, 0.2) is 0 Å². The summed E-state index contributed by atoms with van der Waals surface area (Å²) in [6, 6.07) is 4.51. The summed E-state index contributed by atoms with van der Waals surface area (Å²) >= 11 is 0. The molecule has 0 saturated carbocycles. The van der Waals surface area contributed by atoms with Gasteiger partial charge < -0.3 is 10.2 Å². The minimum Gasteiger partial charge on any atom is -0.358 e. The van der Waals surface area contributed by atoms with Crippen molar-refractivity contribution in [3.8, 4) is 0 Å². The van der Waals surface area contributed by atoms with Gasteiger partial charge in [0.25, 0.3) is 0 Å². The van der Waals surface area contributed by atoms with Crippen LogP contribution < -0.4 is 15.1 Å².